The van der Waals surface area contributed by atoms with Gasteiger partial charge in [-0.1, -0.05) is 72.8 Å². The highest BCUT2D eigenvalue weighted by atomic mass is 16.1. The molecule has 0 atom stereocenters. The lowest BCUT2D eigenvalue weighted by Gasteiger charge is -2.39. The third-order valence-electron chi connectivity index (χ3n) is 7.02. The minimum absolute atomic E-state index is 0.0519. The second-order valence-corrected chi connectivity index (χ2v) is 9.43. The molecule has 0 aliphatic carbocycles. The van der Waals surface area contributed by atoms with Gasteiger partial charge in [0.05, 0.1) is 19.0 Å². The summed E-state index contributed by atoms with van der Waals surface area (Å²) in [6.45, 7) is 8.33. The fraction of sp³-hybridized carbons (Fsp3) is 0.267. The fourth-order valence-corrected chi connectivity index (χ4v) is 4.82. The van der Waals surface area contributed by atoms with Crippen LogP contribution in [0.4, 0.5) is 11.6 Å². The molecule has 2 heterocycles. The van der Waals surface area contributed by atoms with Crippen LogP contribution in [-0.2, 0) is 19.5 Å². The van der Waals surface area contributed by atoms with Crippen LogP contribution in [0.25, 0.3) is 0 Å². The van der Waals surface area contributed by atoms with Gasteiger partial charge in [-0.3, -0.25) is 19.2 Å². The van der Waals surface area contributed by atoms with E-state index in [1.807, 2.05) is 35.8 Å². The van der Waals surface area contributed by atoms with E-state index < -0.39 is 0 Å². The molecule has 4 aromatic rings. The quantitative estimate of drug-likeness (QED) is 0.385. The van der Waals surface area contributed by atoms with E-state index in [4.69, 9.17) is 4.98 Å². The van der Waals surface area contributed by atoms with Crippen molar-refractivity contribution >= 4 is 11.6 Å². The summed E-state index contributed by atoms with van der Waals surface area (Å²) in [6, 6.07) is 27.0. The molecule has 1 aliphatic heterocycles. The Morgan fingerprint density at radius 1 is 0.800 bits per heavy atom. The van der Waals surface area contributed by atoms with Crippen molar-refractivity contribution in [3.63, 3.8) is 0 Å². The zero-order valence-electron chi connectivity index (χ0n) is 20.7. The van der Waals surface area contributed by atoms with Gasteiger partial charge in [-0.15, -0.1) is 0 Å². The summed E-state index contributed by atoms with van der Waals surface area (Å²) < 4.78 is 1.86. The van der Waals surface area contributed by atoms with Gasteiger partial charge in [0.15, 0.2) is 0 Å². The lowest BCUT2D eigenvalue weighted by Crippen LogP contribution is -2.48. The SMILES string of the molecule is Cc1cccc(N2CN(CCc3ccccc3)Cn3c2nc(C)c(Cc2ccccc2)c3=O)c1C. The minimum atomic E-state index is 0.0519. The van der Waals surface area contributed by atoms with E-state index in [0.29, 0.717) is 19.8 Å². The Balaban J connectivity index is 1.55. The molecular weight excluding hydrogens is 432 g/mol. The number of anilines is 2. The monoisotopic (exact) mass is 464 g/mol. The first-order valence-electron chi connectivity index (χ1n) is 12.3. The molecule has 0 saturated heterocycles. The molecule has 0 bridgehead atoms. The maximum atomic E-state index is 13.9. The van der Waals surface area contributed by atoms with E-state index in [-0.39, 0.29) is 5.56 Å². The normalized spacial score (nSPS) is 13.6. The van der Waals surface area contributed by atoms with Crippen molar-refractivity contribution in [3.05, 3.63) is 123 Å². The van der Waals surface area contributed by atoms with Gasteiger partial charge in [0.1, 0.15) is 0 Å². The van der Waals surface area contributed by atoms with Gasteiger partial charge in [0.2, 0.25) is 5.95 Å². The standard InChI is InChI=1S/C30H32N4O/c1-22-11-10-16-28(23(22)2)33-20-32(18-17-25-12-6-4-7-13-25)21-34-29(35)27(24(3)31-30(33)34)19-26-14-8-5-9-15-26/h4-16H,17-21H2,1-3H3. The summed E-state index contributed by atoms with van der Waals surface area (Å²) in [4.78, 5) is 23.4. The number of nitrogens with zero attached hydrogens (tertiary/aromatic N) is 4. The Kier molecular flexibility index (Phi) is 6.51. The molecule has 178 valence electrons. The van der Waals surface area contributed by atoms with Crippen LogP contribution in [0.3, 0.4) is 0 Å². The molecule has 0 radical (unpaired) electrons. The predicted molar refractivity (Wildman–Crippen MR) is 142 cm³/mol. The van der Waals surface area contributed by atoms with Crippen molar-refractivity contribution in [2.24, 2.45) is 0 Å². The molecule has 3 aromatic carbocycles. The third kappa shape index (κ3) is 4.77. The average Bonchev–Trinajstić information content (AvgIpc) is 2.88. The number of fused-ring (bicyclic) bond motifs is 1. The Morgan fingerprint density at radius 2 is 1.49 bits per heavy atom. The largest absolute Gasteiger partial charge is 0.298 e. The summed E-state index contributed by atoms with van der Waals surface area (Å²) in [6.07, 6.45) is 1.52. The fourth-order valence-electron chi connectivity index (χ4n) is 4.82. The van der Waals surface area contributed by atoms with Crippen LogP contribution in [0.2, 0.25) is 0 Å². The van der Waals surface area contributed by atoms with Crippen LogP contribution < -0.4 is 10.5 Å². The first-order chi connectivity index (χ1) is 17.0. The molecule has 0 spiro atoms. The Hall–Kier alpha value is -3.70. The van der Waals surface area contributed by atoms with Crippen LogP contribution in [0.5, 0.6) is 0 Å². The van der Waals surface area contributed by atoms with E-state index in [9.17, 15) is 4.79 Å². The van der Waals surface area contributed by atoms with Crippen LogP contribution in [0.15, 0.2) is 83.7 Å². The second kappa shape index (κ2) is 9.88. The minimum Gasteiger partial charge on any atom is -0.298 e. The topological polar surface area (TPSA) is 41.4 Å². The Morgan fingerprint density at radius 3 is 2.20 bits per heavy atom. The Bertz CT molecular complexity index is 1380. The third-order valence-corrected chi connectivity index (χ3v) is 7.02. The average molecular weight is 465 g/mol. The van der Waals surface area contributed by atoms with Crippen molar-refractivity contribution in [2.45, 2.75) is 40.3 Å². The molecule has 5 rings (SSSR count). The van der Waals surface area contributed by atoms with E-state index in [0.717, 1.165) is 41.4 Å². The number of aromatic nitrogens is 2. The van der Waals surface area contributed by atoms with Crippen molar-refractivity contribution < 1.29 is 0 Å². The first-order valence-corrected chi connectivity index (χ1v) is 12.3. The van der Waals surface area contributed by atoms with Crippen molar-refractivity contribution in [1.82, 2.24) is 14.5 Å². The lowest BCUT2D eigenvalue weighted by atomic mass is 10.0. The number of rotatable bonds is 6. The van der Waals surface area contributed by atoms with Crippen molar-refractivity contribution in [1.29, 1.82) is 0 Å². The maximum absolute atomic E-state index is 13.9. The summed E-state index contributed by atoms with van der Waals surface area (Å²) in [5, 5.41) is 0. The molecule has 0 N–H and O–H groups in total. The van der Waals surface area contributed by atoms with Gasteiger partial charge in [0, 0.05) is 24.2 Å². The van der Waals surface area contributed by atoms with Crippen LogP contribution in [-0.4, -0.2) is 27.7 Å². The molecule has 5 heteroatoms. The zero-order valence-corrected chi connectivity index (χ0v) is 20.7. The molecule has 0 fully saturated rings. The van der Waals surface area contributed by atoms with E-state index in [1.54, 1.807) is 0 Å². The number of benzene rings is 3. The van der Waals surface area contributed by atoms with Gasteiger partial charge in [-0.2, -0.15) is 0 Å². The summed E-state index contributed by atoms with van der Waals surface area (Å²) in [7, 11) is 0. The van der Waals surface area contributed by atoms with Gasteiger partial charge >= 0.3 is 0 Å². The van der Waals surface area contributed by atoms with Gasteiger partial charge in [0.25, 0.3) is 5.56 Å². The molecule has 35 heavy (non-hydrogen) atoms. The van der Waals surface area contributed by atoms with E-state index in [1.165, 1.54) is 16.7 Å². The molecule has 1 aliphatic rings. The van der Waals surface area contributed by atoms with E-state index >= 15 is 0 Å². The highest BCUT2D eigenvalue weighted by molar-refractivity contribution is 5.64. The first kappa shape index (κ1) is 23.1. The van der Waals surface area contributed by atoms with Crippen LogP contribution >= 0.6 is 0 Å². The Labute approximate surface area is 207 Å². The highest BCUT2D eigenvalue weighted by Crippen LogP contribution is 2.31. The second-order valence-electron chi connectivity index (χ2n) is 9.43. The summed E-state index contributed by atoms with van der Waals surface area (Å²) in [5.41, 5.74) is 7.60. The van der Waals surface area contributed by atoms with Gasteiger partial charge < -0.3 is 0 Å². The molecule has 0 unspecified atom stereocenters. The maximum Gasteiger partial charge on any atom is 0.259 e. The van der Waals surface area contributed by atoms with Crippen molar-refractivity contribution in [3.8, 4) is 0 Å². The molecule has 1 aromatic heterocycles. The predicted octanol–water partition coefficient (Wildman–Crippen LogP) is 5.37. The van der Waals surface area contributed by atoms with E-state index in [2.05, 4.69) is 78.2 Å². The van der Waals surface area contributed by atoms with Gasteiger partial charge in [-0.25, -0.2) is 4.98 Å². The lowest BCUT2D eigenvalue weighted by molar-refractivity contribution is 0.200. The molecule has 0 amide bonds. The molecular formula is C30H32N4O. The molecule has 0 saturated carbocycles. The highest BCUT2D eigenvalue weighted by Gasteiger charge is 2.28. The van der Waals surface area contributed by atoms with Crippen LogP contribution in [0, 0.1) is 20.8 Å². The number of hydrogen-bond acceptors (Lipinski definition) is 4. The summed E-state index contributed by atoms with van der Waals surface area (Å²) in [5.74, 6) is 0.731. The number of aryl methyl sites for hydroxylation is 2. The zero-order chi connectivity index (χ0) is 24.4. The van der Waals surface area contributed by atoms with Crippen molar-refractivity contribution in [2.75, 3.05) is 18.1 Å². The van der Waals surface area contributed by atoms with Gasteiger partial charge in [-0.05, 0) is 55.5 Å². The van der Waals surface area contributed by atoms with Crippen LogP contribution in [0.1, 0.15) is 33.5 Å². The smallest absolute Gasteiger partial charge is 0.259 e. The number of hydrogen-bond donors (Lipinski definition) is 0. The molecule has 5 nitrogen and oxygen atoms in total. The summed E-state index contributed by atoms with van der Waals surface area (Å²) >= 11 is 0.